The highest BCUT2D eigenvalue weighted by Gasteiger charge is 2.07. The predicted octanol–water partition coefficient (Wildman–Crippen LogP) is 4.01. The van der Waals surface area contributed by atoms with Crippen molar-refractivity contribution in [1.82, 2.24) is 4.98 Å². The monoisotopic (exact) mass is 361 g/mol. The van der Waals surface area contributed by atoms with E-state index in [9.17, 15) is 9.90 Å². The zero-order chi connectivity index (χ0) is 16.9. The smallest absolute Gasteiger partial charge is 0.307 e. The van der Waals surface area contributed by atoms with Crippen LogP contribution in [0.15, 0.2) is 53.3 Å². The molecule has 0 radical (unpaired) electrons. The summed E-state index contributed by atoms with van der Waals surface area (Å²) in [4.78, 5) is 13.9. The number of aromatic hydroxyl groups is 1. The van der Waals surface area contributed by atoms with Gasteiger partial charge in [0.2, 0.25) is 5.88 Å². The lowest BCUT2D eigenvalue weighted by atomic mass is 10.1. The summed E-state index contributed by atoms with van der Waals surface area (Å²) in [5.74, 6) is 0.724. The molecule has 24 heavy (non-hydrogen) atoms. The summed E-state index contributed by atoms with van der Waals surface area (Å²) in [5.41, 5.74) is 2.06. The Kier molecular flexibility index (Phi) is 5.23. The van der Waals surface area contributed by atoms with Crippen LogP contribution in [0.2, 0.25) is 5.02 Å². The lowest BCUT2D eigenvalue weighted by Crippen LogP contribution is -2.01. The van der Waals surface area contributed by atoms with Gasteiger partial charge in [-0.3, -0.25) is 9.78 Å². The summed E-state index contributed by atoms with van der Waals surface area (Å²) in [6.45, 7) is 0.545. The van der Waals surface area contributed by atoms with E-state index < -0.39 is 0 Å². The van der Waals surface area contributed by atoms with Gasteiger partial charge in [-0.15, -0.1) is 0 Å². The second-order valence-electron chi connectivity index (χ2n) is 5.30. The first-order valence-corrected chi connectivity index (χ1v) is 8.67. The molecule has 0 aliphatic heterocycles. The van der Waals surface area contributed by atoms with Crippen LogP contribution in [-0.4, -0.2) is 16.7 Å². The molecule has 1 aromatic heterocycles. The van der Waals surface area contributed by atoms with Crippen LogP contribution in [0.5, 0.6) is 11.6 Å². The van der Waals surface area contributed by atoms with E-state index in [-0.39, 0.29) is 10.8 Å². The van der Waals surface area contributed by atoms with Crippen molar-refractivity contribution < 1.29 is 9.84 Å². The Morgan fingerprint density at radius 2 is 1.88 bits per heavy atom. The van der Waals surface area contributed by atoms with Gasteiger partial charge in [-0.05, 0) is 29.3 Å². The van der Waals surface area contributed by atoms with Crippen LogP contribution in [0.4, 0.5) is 0 Å². The van der Waals surface area contributed by atoms with E-state index in [1.165, 1.54) is 0 Å². The van der Waals surface area contributed by atoms with Crippen molar-refractivity contribution in [2.75, 3.05) is 6.61 Å². The summed E-state index contributed by atoms with van der Waals surface area (Å²) in [6, 6.07) is 15.3. The number of ether oxygens (including phenoxy) is 1. The third-order valence-corrected chi connectivity index (χ3v) is 4.83. The van der Waals surface area contributed by atoms with Gasteiger partial charge >= 0.3 is 4.87 Å². The number of hydrogen-bond donors (Lipinski definition) is 2. The van der Waals surface area contributed by atoms with Crippen molar-refractivity contribution >= 4 is 22.9 Å². The molecule has 0 saturated heterocycles. The van der Waals surface area contributed by atoms with Gasteiger partial charge in [0, 0.05) is 17.9 Å². The Labute approximate surface area is 148 Å². The van der Waals surface area contributed by atoms with E-state index in [4.69, 9.17) is 16.3 Å². The van der Waals surface area contributed by atoms with Gasteiger partial charge < -0.3 is 9.84 Å². The molecule has 6 heteroatoms. The minimum Gasteiger partial charge on any atom is -0.494 e. The number of nitrogens with one attached hydrogen (secondary N) is 1. The Morgan fingerprint density at radius 1 is 1.12 bits per heavy atom. The first kappa shape index (κ1) is 16.6. The number of thiazole rings is 1. The van der Waals surface area contributed by atoms with Crippen LogP contribution in [0.25, 0.3) is 0 Å². The lowest BCUT2D eigenvalue weighted by Gasteiger charge is -2.08. The molecule has 0 aliphatic carbocycles. The van der Waals surface area contributed by atoms with Crippen molar-refractivity contribution in [3.05, 3.63) is 79.2 Å². The summed E-state index contributed by atoms with van der Waals surface area (Å²) in [6.07, 6.45) is 1.25. The predicted molar refractivity (Wildman–Crippen MR) is 96.5 cm³/mol. The van der Waals surface area contributed by atoms with Crippen LogP contribution in [0.3, 0.4) is 0 Å². The number of aromatic nitrogens is 1. The van der Waals surface area contributed by atoms with Crippen LogP contribution in [0, 0.1) is 0 Å². The molecule has 124 valence electrons. The van der Waals surface area contributed by atoms with Crippen LogP contribution >= 0.6 is 22.9 Å². The SMILES string of the molecule is O=c1[nH]c(O)c(Cc2ccc(OCCc3ccccc3Cl)cc2)s1. The third-order valence-electron chi connectivity index (χ3n) is 3.59. The fourth-order valence-electron chi connectivity index (χ4n) is 2.34. The molecule has 0 spiro atoms. The van der Waals surface area contributed by atoms with Crippen LogP contribution in [0.1, 0.15) is 16.0 Å². The molecule has 0 amide bonds. The molecule has 1 heterocycles. The number of halogens is 1. The maximum Gasteiger partial charge on any atom is 0.307 e. The highest BCUT2D eigenvalue weighted by molar-refractivity contribution is 7.09. The molecule has 0 atom stereocenters. The summed E-state index contributed by atoms with van der Waals surface area (Å²) in [7, 11) is 0. The number of rotatable bonds is 6. The fourth-order valence-corrected chi connectivity index (χ4v) is 3.33. The van der Waals surface area contributed by atoms with Gasteiger partial charge in [0.1, 0.15) is 5.75 Å². The van der Waals surface area contributed by atoms with Gasteiger partial charge in [0.05, 0.1) is 11.5 Å². The van der Waals surface area contributed by atoms with Gasteiger partial charge in [0.25, 0.3) is 0 Å². The molecule has 0 bridgehead atoms. The minimum absolute atomic E-state index is 0.0509. The number of hydrogen-bond acceptors (Lipinski definition) is 4. The third kappa shape index (κ3) is 4.19. The van der Waals surface area contributed by atoms with E-state index in [2.05, 4.69) is 4.98 Å². The fraction of sp³-hybridized carbons (Fsp3) is 0.167. The quantitative estimate of drug-likeness (QED) is 0.697. The maximum absolute atomic E-state index is 11.2. The van der Waals surface area contributed by atoms with E-state index in [1.807, 2.05) is 48.5 Å². The normalized spacial score (nSPS) is 10.7. The molecule has 0 saturated carbocycles. The summed E-state index contributed by atoms with van der Waals surface area (Å²) in [5, 5.41) is 10.4. The zero-order valence-electron chi connectivity index (χ0n) is 12.8. The van der Waals surface area contributed by atoms with Crippen molar-refractivity contribution in [1.29, 1.82) is 0 Å². The Balaban J connectivity index is 1.56. The largest absolute Gasteiger partial charge is 0.494 e. The second-order valence-corrected chi connectivity index (χ2v) is 6.77. The van der Waals surface area contributed by atoms with Gasteiger partial charge in [-0.2, -0.15) is 0 Å². The van der Waals surface area contributed by atoms with Gasteiger partial charge in [0.15, 0.2) is 0 Å². The molecule has 3 aromatic rings. The average molecular weight is 362 g/mol. The minimum atomic E-state index is -0.248. The molecule has 0 unspecified atom stereocenters. The molecule has 2 aromatic carbocycles. The van der Waals surface area contributed by atoms with Crippen molar-refractivity contribution in [3.8, 4) is 11.6 Å². The topological polar surface area (TPSA) is 62.3 Å². The first-order chi connectivity index (χ1) is 11.6. The molecule has 3 rings (SSSR count). The van der Waals surface area contributed by atoms with E-state index in [1.54, 1.807) is 0 Å². The molecule has 0 fully saturated rings. The Bertz CT molecular complexity index is 870. The van der Waals surface area contributed by atoms with Crippen molar-refractivity contribution in [2.24, 2.45) is 0 Å². The zero-order valence-corrected chi connectivity index (χ0v) is 14.4. The second kappa shape index (κ2) is 7.55. The van der Waals surface area contributed by atoms with Gasteiger partial charge in [-0.1, -0.05) is 53.3 Å². The molecular formula is C18H16ClNO3S. The maximum atomic E-state index is 11.2. The Hall–Kier alpha value is -2.24. The van der Waals surface area contributed by atoms with Crippen LogP contribution < -0.4 is 9.61 Å². The Morgan fingerprint density at radius 3 is 2.54 bits per heavy atom. The standard InChI is InChI=1S/C18H16ClNO3S/c19-15-4-2-1-3-13(15)9-10-23-14-7-5-12(6-8-14)11-16-17(21)20-18(22)24-16/h1-8,21H,9-11H2,(H,20,22). The molecular weight excluding hydrogens is 346 g/mol. The number of aromatic amines is 1. The van der Waals surface area contributed by atoms with Crippen LogP contribution in [-0.2, 0) is 12.8 Å². The van der Waals surface area contributed by atoms with E-state index >= 15 is 0 Å². The molecule has 2 N–H and O–H groups in total. The number of benzene rings is 2. The van der Waals surface area contributed by atoms with E-state index in [0.717, 1.165) is 39.7 Å². The average Bonchev–Trinajstić information content (AvgIpc) is 2.88. The summed E-state index contributed by atoms with van der Waals surface area (Å²) < 4.78 is 5.74. The molecule has 4 nitrogen and oxygen atoms in total. The molecule has 0 aliphatic rings. The van der Waals surface area contributed by atoms with E-state index in [0.29, 0.717) is 17.9 Å². The van der Waals surface area contributed by atoms with Crippen molar-refractivity contribution in [3.63, 3.8) is 0 Å². The lowest BCUT2D eigenvalue weighted by molar-refractivity contribution is 0.322. The highest BCUT2D eigenvalue weighted by atomic mass is 35.5. The highest BCUT2D eigenvalue weighted by Crippen LogP contribution is 2.22. The first-order valence-electron chi connectivity index (χ1n) is 7.48. The van der Waals surface area contributed by atoms with Gasteiger partial charge in [-0.25, -0.2) is 0 Å². The number of H-pyrrole nitrogens is 1. The summed E-state index contributed by atoms with van der Waals surface area (Å²) >= 11 is 7.14. The van der Waals surface area contributed by atoms with Crippen molar-refractivity contribution in [2.45, 2.75) is 12.8 Å².